The minimum Gasteiger partial charge on any atom is -0.496 e. The van der Waals surface area contributed by atoms with Crippen molar-refractivity contribution in [1.82, 2.24) is 4.90 Å². The van der Waals surface area contributed by atoms with Gasteiger partial charge in [0.15, 0.2) is 0 Å². The molecule has 1 rings (SSSR count). The zero-order valence-electron chi connectivity index (χ0n) is 11.7. The summed E-state index contributed by atoms with van der Waals surface area (Å²) in [6.45, 7) is 4.36. The van der Waals surface area contributed by atoms with Crippen molar-refractivity contribution in [3.05, 3.63) is 28.8 Å². The summed E-state index contributed by atoms with van der Waals surface area (Å²) < 4.78 is 5.29. The molecule has 1 aromatic carbocycles. The molecule has 0 bridgehead atoms. The molecule has 1 atom stereocenters. The van der Waals surface area contributed by atoms with Crippen molar-refractivity contribution in [1.29, 1.82) is 0 Å². The molecule has 0 saturated carbocycles. The van der Waals surface area contributed by atoms with Crippen LogP contribution < -0.4 is 4.74 Å². The minimum atomic E-state index is -0.798. The largest absolute Gasteiger partial charge is 0.496 e. The van der Waals surface area contributed by atoms with Crippen LogP contribution in [0.5, 0.6) is 5.75 Å². The number of benzene rings is 1. The highest BCUT2D eigenvalue weighted by Gasteiger charge is 2.22. The number of aryl methyl sites for hydroxylation is 2. The first-order valence-electron chi connectivity index (χ1n) is 5.89. The van der Waals surface area contributed by atoms with E-state index >= 15 is 0 Å². The van der Waals surface area contributed by atoms with E-state index in [-0.39, 0.29) is 0 Å². The van der Waals surface area contributed by atoms with Crippen LogP contribution in [0.1, 0.15) is 22.6 Å². The van der Waals surface area contributed by atoms with Crippen molar-refractivity contribution in [3.8, 4) is 5.75 Å². The molecule has 1 aromatic rings. The van der Waals surface area contributed by atoms with E-state index in [1.807, 2.05) is 45.0 Å². The van der Waals surface area contributed by atoms with Crippen LogP contribution in [0.3, 0.4) is 0 Å². The van der Waals surface area contributed by atoms with E-state index in [1.165, 1.54) is 0 Å². The molecule has 0 amide bonds. The molecule has 0 spiro atoms. The summed E-state index contributed by atoms with van der Waals surface area (Å²) in [6, 6.07) is 3.79. The second kappa shape index (κ2) is 5.87. The Bertz CT molecular complexity index is 418. The van der Waals surface area contributed by atoms with Crippen LogP contribution in [0.2, 0.25) is 0 Å². The summed E-state index contributed by atoms with van der Waals surface area (Å²) >= 11 is 0. The van der Waals surface area contributed by atoms with E-state index in [1.54, 1.807) is 7.11 Å². The van der Waals surface area contributed by atoms with Gasteiger partial charge in [-0.15, -0.1) is 0 Å². The number of carboxylic acids is 1. The lowest BCUT2D eigenvalue weighted by Crippen LogP contribution is -2.26. The summed E-state index contributed by atoms with van der Waals surface area (Å²) in [5, 5.41) is 9.33. The third-order valence-corrected chi connectivity index (χ3v) is 2.93. The van der Waals surface area contributed by atoms with Crippen LogP contribution in [0.25, 0.3) is 0 Å². The van der Waals surface area contributed by atoms with Gasteiger partial charge in [-0.2, -0.15) is 0 Å². The number of carboxylic acid groups (broad SMARTS) is 1. The average Bonchev–Trinajstić information content (AvgIpc) is 2.24. The fraction of sp³-hybridized carbons (Fsp3) is 0.500. The SMILES string of the molecule is COc1c(C)cc(C(CN(C)C)C(=O)O)cc1C. The molecule has 0 aliphatic rings. The Kier molecular flexibility index (Phi) is 4.73. The molecule has 1 unspecified atom stereocenters. The van der Waals surface area contributed by atoms with Gasteiger partial charge in [-0.3, -0.25) is 4.79 Å². The third-order valence-electron chi connectivity index (χ3n) is 2.93. The topological polar surface area (TPSA) is 49.8 Å². The molecule has 1 N–H and O–H groups in total. The smallest absolute Gasteiger partial charge is 0.312 e. The Morgan fingerprint density at radius 1 is 1.33 bits per heavy atom. The molecule has 4 nitrogen and oxygen atoms in total. The highest BCUT2D eigenvalue weighted by molar-refractivity contribution is 5.76. The predicted molar refractivity (Wildman–Crippen MR) is 71.4 cm³/mol. The van der Waals surface area contributed by atoms with E-state index in [0.717, 1.165) is 22.4 Å². The number of hydrogen-bond donors (Lipinski definition) is 1. The number of ether oxygens (including phenoxy) is 1. The van der Waals surface area contributed by atoms with Gasteiger partial charge in [-0.05, 0) is 44.6 Å². The number of rotatable bonds is 5. The van der Waals surface area contributed by atoms with Gasteiger partial charge in [0.05, 0.1) is 13.0 Å². The molecule has 0 radical (unpaired) electrons. The third kappa shape index (κ3) is 3.23. The maximum atomic E-state index is 11.4. The van der Waals surface area contributed by atoms with Gasteiger partial charge in [-0.25, -0.2) is 0 Å². The van der Waals surface area contributed by atoms with E-state index in [0.29, 0.717) is 6.54 Å². The van der Waals surface area contributed by atoms with E-state index < -0.39 is 11.9 Å². The Balaban J connectivity index is 3.17. The fourth-order valence-electron chi connectivity index (χ4n) is 2.20. The van der Waals surface area contributed by atoms with Crippen molar-refractivity contribution in [2.45, 2.75) is 19.8 Å². The zero-order valence-corrected chi connectivity index (χ0v) is 11.7. The van der Waals surface area contributed by atoms with Gasteiger partial charge in [0.2, 0.25) is 0 Å². The zero-order chi connectivity index (χ0) is 13.9. The molecular weight excluding hydrogens is 230 g/mol. The highest BCUT2D eigenvalue weighted by atomic mass is 16.5. The van der Waals surface area contributed by atoms with Gasteiger partial charge in [0.25, 0.3) is 0 Å². The van der Waals surface area contributed by atoms with E-state index in [9.17, 15) is 9.90 Å². The molecule has 0 aliphatic heterocycles. The summed E-state index contributed by atoms with van der Waals surface area (Å²) in [7, 11) is 5.38. The number of likely N-dealkylation sites (N-methyl/N-ethyl adjacent to an activating group) is 1. The van der Waals surface area contributed by atoms with Gasteiger partial charge in [-0.1, -0.05) is 12.1 Å². The molecule has 0 heterocycles. The van der Waals surface area contributed by atoms with Gasteiger partial charge in [0, 0.05) is 6.54 Å². The predicted octanol–water partition coefficient (Wildman–Crippen LogP) is 2.04. The lowest BCUT2D eigenvalue weighted by molar-refractivity contribution is -0.139. The Labute approximate surface area is 108 Å². The molecular formula is C14H21NO3. The van der Waals surface area contributed by atoms with Gasteiger partial charge in [0.1, 0.15) is 5.75 Å². The highest BCUT2D eigenvalue weighted by Crippen LogP contribution is 2.28. The first kappa shape index (κ1) is 14.5. The Hall–Kier alpha value is -1.55. The quantitative estimate of drug-likeness (QED) is 0.870. The molecule has 0 saturated heterocycles. The van der Waals surface area contributed by atoms with Crippen LogP contribution in [-0.2, 0) is 4.79 Å². The Morgan fingerprint density at radius 3 is 2.17 bits per heavy atom. The van der Waals surface area contributed by atoms with Crippen molar-refractivity contribution in [2.24, 2.45) is 0 Å². The minimum absolute atomic E-state index is 0.487. The summed E-state index contributed by atoms with van der Waals surface area (Å²) in [5.74, 6) is -0.483. The van der Waals surface area contributed by atoms with Crippen LogP contribution in [0, 0.1) is 13.8 Å². The van der Waals surface area contributed by atoms with Crippen molar-refractivity contribution < 1.29 is 14.6 Å². The summed E-state index contributed by atoms with van der Waals surface area (Å²) in [4.78, 5) is 13.2. The first-order valence-corrected chi connectivity index (χ1v) is 5.89. The summed E-state index contributed by atoms with van der Waals surface area (Å²) in [6.07, 6.45) is 0. The maximum Gasteiger partial charge on any atom is 0.312 e. The Morgan fingerprint density at radius 2 is 1.83 bits per heavy atom. The lowest BCUT2D eigenvalue weighted by Gasteiger charge is -2.19. The first-order chi connectivity index (χ1) is 8.36. The number of methoxy groups -OCH3 is 1. The van der Waals surface area contributed by atoms with Crippen LogP contribution >= 0.6 is 0 Å². The fourth-order valence-corrected chi connectivity index (χ4v) is 2.20. The standard InChI is InChI=1S/C14H21NO3/c1-9-6-11(7-10(2)13(9)18-5)12(14(16)17)8-15(3)4/h6-7,12H,8H2,1-5H3,(H,16,17). The number of nitrogens with zero attached hydrogens (tertiary/aromatic N) is 1. The normalized spacial score (nSPS) is 12.6. The summed E-state index contributed by atoms with van der Waals surface area (Å²) in [5.41, 5.74) is 2.77. The molecule has 18 heavy (non-hydrogen) atoms. The van der Waals surface area contributed by atoms with E-state index in [4.69, 9.17) is 4.74 Å². The second-order valence-corrected chi connectivity index (χ2v) is 4.84. The molecule has 4 heteroatoms. The maximum absolute atomic E-state index is 11.4. The monoisotopic (exact) mass is 251 g/mol. The van der Waals surface area contributed by atoms with Crippen molar-refractivity contribution in [2.75, 3.05) is 27.7 Å². The van der Waals surface area contributed by atoms with Gasteiger partial charge >= 0.3 is 5.97 Å². The van der Waals surface area contributed by atoms with Crippen LogP contribution in [-0.4, -0.2) is 43.7 Å². The second-order valence-electron chi connectivity index (χ2n) is 4.84. The molecule has 0 aromatic heterocycles. The average molecular weight is 251 g/mol. The number of hydrogen-bond acceptors (Lipinski definition) is 3. The molecule has 100 valence electrons. The number of carbonyl (C=O) groups is 1. The van der Waals surface area contributed by atoms with Crippen LogP contribution in [0.15, 0.2) is 12.1 Å². The lowest BCUT2D eigenvalue weighted by atomic mass is 9.94. The van der Waals surface area contributed by atoms with E-state index in [2.05, 4.69) is 0 Å². The van der Waals surface area contributed by atoms with Crippen LogP contribution in [0.4, 0.5) is 0 Å². The van der Waals surface area contributed by atoms with Gasteiger partial charge < -0.3 is 14.7 Å². The molecule has 0 aliphatic carbocycles. The van der Waals surface area contributed by atoms with Crippen molar-refractivity contribution in [3.63, 3.8) is 0 Å². The number of aliphatic carboxylic acids is 1. The van der Waals surface area contributed by atoms with Crippen molar-refractivity contribution >= 4 is 5.97 Å². The molecule has 0 fully saturated rings.